The molecule has 8 heteroatoms. The molecule has 0 amide bonds. The van der Waals surface area contributed by atoms with Gasteiger partial charge in [0.2, 0.25) is 10.0 Å². The number of hydrogen-bond donors (Lipinski definition) is 3. The SMILES string of the molecule is CN(C)CCOCCNS(=O)(=O)c1c[nH]c(CO)c1. The third-order valence-corrected chi connectivity index (χ3v) is 3.86. The molecule has 7 nitrogen and oxygen atoms in total. The molecule has 19 heavy (non-hydrogen) atoms. The van der Waals surface area contributed by atoms with Crippen molar-refractivity contribution in [1.29, 1.82) is 0 Å². The molecule has 1 heterocycles. The van der Waals surface area contributed by atoms with Gasteiger partial charge in [0.05, 0.1) is 24.7 Å². The van der Waals surface area contributed by atoms with Crippen molar-refractivity contribution in [3.8, 4) is 0 Å². The molecular weight excluding hydrogens is 270 g/mol. The Kier molecular flexibility index (Phi) is 6.46. The maximum Gasteiger partial charge on any atom is 0.242 e. The molecule has 0 radical (unpaired) electrons. The number of sulfonamides is 1. The highest BCUT2D eigenvalue weighted by Gasteiger charge is 2.14. The fraction of sp³-hybridized carbons (Fsp3) is 0.636. The number of aromatic amines is 1. The lowest BCUT2D eigenvalue weighted by Gasteiger charge is -2.10. The monoisotopic (exact) mass is 291 g/mol. The van der Waals surface area contributed by atoms with Crippen LogP contribution in [0.15, 0.2) is 17.2 Å². The Bertz CT molecular complexity index is 470. The van der Waals surface area contributed by atoms with E-state index in [9.17, 15) is 8.42 Å². The first-order chi connectivity index (χ1) is 8.95. The highest BCUT2D eigenvalue weighted by atomic mass is 32.2. The van der Waals surface area contributed by atoms with Crippen molar-refractivity contribution in [3.63, 3.8) is 0 Å². The summed E-state index contributed by atoms with van der Waals surface area (Å²) in [4.78, 5) is 4.78. The molecule has 0 saturated heterocycles. The number of nitrogens with zero attached hydrogens (tertiary/aromatic N) is 1. The van der Waals surface area contributed by atoms with Gasteiger partial charge in [-0.05, 0) is 20.2 Å². The summed E-state index contributed by atoms with van der Waals surface area (Å²) >= 11 is 0. The van der Waals surface area contributed by atoms with Gasteiger partial charge in [-0.3, -0.25) is 0 Å². The molecule has 0 saturated carbocycles. The lowest BCUT2D eigenvalue weighted by Crippen LogP contribution is -2.28. The van der Waals surface area contributed by atoms with Crippen molar-refractivity contribution < 1.29 is 18.3 Å². The predicted octanol–water partition coefficient (Wildman–Crippen LogP) is -0.636. The van der Waals surface area contributed by atoms with Gasteiger partial charge in [-0.25, -0.2) is 13.1 Å². The summed E-state index contributed by atoms with van der Waals surface area (Å²) < 4.78 is 31.4. The highest BCUT2D eigenvalue weighted by molar-refractivity contribution is 7.89. The van der Waals surface area contributed by atoms with Crippen LogP contribution in [0.2, 0.25) is 0 Å². The number of H-pyrrole nitrogens is 1. The second-order valence-electron chi connectivity index (χ2n) is 4.33. The number of aliphatic hydroxyl groups excluding tert-OH is 1. The van der Waals surface area contributed by atoms with Gasteiger partial charge in [-0.2, -0.15) is 0 Å². The third kappa shape index (κ3) is 5.70. The number of ether oxygens (including phenoxy) is 1. The second-order valence-corrected chi connectivity index (χ2v) is 6.10. The van der Waals surface area contributed by atoms with Gasteiger partial charge in [0.15, 0.2) is 0 Å². The molecule has 3 N–H and O–H groups in total. The van der Waals surface area contributed by atoms with Crippen LogP contribution < -0.4 is 4.72 Å². The Balaban J connectivity index is 2.31. The summed E-state index contributed by atoms with van der Waals surface area (Å²) in [7, 11) is 0.347. The number of likely N-dealkylation sites (N-methyl/N-ethyl adjacent to an activating group) is 1. The standard InChI is InChI=1S/C11H21N3O4S/c1-14(2)4-6-18-5-3-13-19(16,17)11-7-10(9-15)12-8-11/h7-8,12-13,15H,3-6,9H2,1-2H3. The Labute approximate surface area is 113 Å². The zero-order valence-electron chi connectivity index (χ0n) is 11.2. The summed E-state index contributed by atoms with van der Waals surface area (Å²) in [6.45, 7) is 1.68. The van der Waals surface area contributed by atoms with Crippen molar-refractivity contribution in [3.05, 3.63) is 18.0 Å². The van der Waals surface area contributed by atoms with Gasteiger partial charge in [-0.1, -0.05) is 0 Å². The number of rotatable bonds is 9. The molecule has 0 aromatic carbocycles. The minimum atomic E-state index is -3.54. The maximum atomic E-state index is 11.8. The fourth-order valence-corrected chi connectivity index (χ4v) is 2.38. The van der Waals surface area contributed by atoms with Crippen molar-refractivity contribution in [1.82, 2.24) is 14.6 Å². The van der Waals surface area contributed by atoms with E-state index in [1.807, 2.05) is 19.0 Å². The van der Waals surface area contributed by atoms with Gasteiger partial charge in [-0.15, -0.1) is 0 Å². The van der Waals surface area contributed by atoms with Crippen molar-refractivity contribution in [2.24, 2.45) is 0 Å². The first-order valence-corrected chi connectivity index (χ1v) is 7.44. The molecule has 1 rings (SSSR count). The predicted molar refractivity (Wildman–Crippen MR) is 71.3 cm³/mol. The number of aliphatic hydroxyl groups is 1. The zero-order chi connectivity index (χ0) is 14.3. The number of nitrogens with one attached hydrogen (secondary N) is 2. The molecule has 0 atom stereocenters. The van der Waals surface area contributed by atoms with E-state index in [0.717, 1.165) is 6.54 Å². The first kappa shape index (κ1) is 16.1. The van der Waals surface area contributed by atoms with Gasteiger partial charge in [0, 0.05) is 25.0 Å². The Morgan fingerprint density at radius 1 is 1.42 bits per heavy atom. The molecule has 0 aliphatic carbocycles. The van der Waals surface area contributed by atoms with E-state index in [2.05, 4.69) is 9.71 Å². The van der Waals surface area contributed by atoms with E-state index in [1.54, 1.807) is 0 Å². The molecule has 0 fully saturated rings. The molecular formula is C11H21N3O4S. The Hall–Kier alpha value is -0.930. The molecule has 0 spiro atoms. The topological polar surface area (TPSA) is 94.7 Å². The number of aromatic nitrogens is 1. The molecule has 0 unspecified atom stereocenters. The lowest BCUT2D eigenvalue weighted by molar-refractivity contribution is 0.122. The van der Waals surface area contributed by atoms with Crippen LogP contribution in [0.1, 0.15) is 5.69 Å². The third-order valence-electron chi connectivity index (χ3n) is 2.42. The largest absolute Gasteiger partial charge is 0.390 e. The van der Waals surface area contributed by atoms with Crippen molar-refractivity contribution in [2.45, 2.75) is 11.5 Å². The van der Waals surface area contributed by atoms with Crippen LogP contribution in [0.5, 0.6) is 0 Å². The highest BCUT2D eigenvalue weighted by Crippen LogP contribution is 2.09. The van der Waals surface area contributed by atoms with E-state index < -0.39 is 10.0 Å². The smallest absolute Gasteiger partial charge is 0.242 e. The van der Waals surface area contributed by atoms with Crippen LogP contribution in [-0.4, -0.2) is 63.8 Å². The fourth-order valence-electron chi connectivity index (χ4n) is 1.35. The second kappa shape index (κ2) is 7.61. The van der Waals surface area contributed by atoms with Crippen LogP contribution in [0.25, 0.3) is 0 Å². The van der Waals surface area contributed by atoms with Crippen molar-refractivity contribution >= 4 is 10.0 Å². The van der Waals surface area contributed by atoms with Crippen LogP contribution in [0.4, 0.5) is 0 Å². The van der Waals surface area contributed by atoms with Gasteiger partial charge < -0.3 is 19.7 Å². The Morgan fingerprint density at radius 2 is 2.16 bits per heavy atom. The maximum absolute atomic E-state index is 11.8. The summed E-state index contributed by atoms with van der Waals surface area (Å²) in [6, 6.07) is 1.40. The summed E-state index contributed by atoms with van der Waals surface area (Å²) in [6.07, 6.45) is 1.35. The average Bonchev–Trinajstić information content (AvgIpc) is 2.82. The van der Waals surface area contributed by atoms with E-state index in [0.29, 0.717) is 18.9 Å². The molecule has 0 aliphatic heterocycles. The van der Waals surface area contributed by atoms with E-state index in [-0.39, 0.29) is 18.0 Å². The Morgan fingerprint density at radius 3 is 2.74 bits per heavy atom. The van der Waals surface area contributed by atoms with Crippen LogP contribution in [0.3, 0.4) is 0 Å². The minimum absolute atomic E-state index is 0.116. The summed E-state index contributed by atoms with van der Waals surface area (Å²) in [5.41, 5.74) is 0.461. The van der Waals surface area contributed by atoms with E-state index in [4.69, 9.17) is 9.84 Å². The van der Waals surface area contributed by atoms with Crippen LogP contribution in [-0.2, 0) is 21.4 Å². The van der Waals surface area contributed by atoms with E-state index >= 15 is 0 Å². The molecule has 0 bridgehead atoms. The van der Waals surface area contributed by atoms with Gasteiger partial charge in [0.1, 0.15) is 0 Å². The molecule has 0 aliphatic rings. The number of hydrogen-bond acceptors (Lipinski definition) is 5. The summed E-state index contributed by atoms with van der Waals surface area (Å²) in [5, 5.41) is 8.86. The first-order valence-electron chi connectivity index (χ1n) is 5.96. The van der Waals surface area contributed by atoms with Crippen LogP contribution in [0, 0.1) is 0 Å². The normalized spacial score (nSPS) is 12.2. The van der Waals surface area contributed by atoms with Gasteiger partial charge >= 0.3 is 0 Å². The minimum Gasteiger partial charge on any atom is -0.390 e. The van der Waals surface area contributed by atoms with E-state index in [1.165, 1.54) is 12.3 Å². The van der Waals surface area contributed by atoms with Gasteiger partial charge in [0.25, 0.3) is 0 Å². The van der Waals surface area contributed by atoms with Crippen LogP contribution >= 0.6 is 0 Å². The van der Waals surface area contributed by atoms with Crippen molar-refractivity contribution in [2.75, 3.05) is 40.4 Å². The molecule has 1 aromatic rings. The zero-order valence-corrected chi connectivity index (χ0v) is 12.0. The quantitative estimate of drug-likeness (QED) is 0.526. The lowest BCUT2D eigenvalue weighted by atomic mass is 10.5. The summed E-state index contributed by atoms with van der Waals surface area (Å²) in [5.74, 6) is 0. The average molecular weight is 291 g/mol. The molecule has 110 valence electrons. The molecule has 1 aromatic heterocycles.